The van der Waals surface area contributed by atoms with Gasteiger partial charge in [-0.15, -0.1) is 0 Å². The van der Waals surface area contributed by atoms with Crippen LogP contribution in [0.25, 0.3) is 0 Å². The number of nitro groups is 4. The maximum absolute atomic E-state index is 13.1. The van der Waals surface area contributed by atoms with Gasteiger partial charge in [-0.3, -0.25) is 67.6 Å². The Morgan fingerprint density at radius 3 is 1.17 bits per heavy atom. The molecule has 20 heteroatoms. The molecule has 8 bridgehead atoms. The average molecular weight is 733 g/mol. The van der Waals surface area contributed by atoms with E-state index in [9.17, 15) is 40.5 Å². The zero-order chi connectivity index (χ0) is 36.0. The van der Waals surface area contributed by atoms with Crippen molar-refractivity contribution in [2.75, 3.05) is 0 Å². The lowest BCUT2D eigenvalue weighted by molar-refractivity contribution is -0.679. The Morgan fingerprint density at radius 2 is 0.788 bits per heavy atom. The summed E-state index contributed by atoms with van der Waals surface area (Å²) >= 11 is 0. The van der Waals surface area contributed by atoms with Gasteiger partial charge < -0.3 is 0 Å². The van der Waals surface area contributed by atoms with Gasteiger partial charge in [0, 0.05) is 38.9 Å². The molecule has 0 aromatic carbocycles. The van der Waals surface area contributed by atoms with Crippen molar-refractivity contribution in [3.63, 3.8) is 0 Å². The molecule has 19 unspecified atom stereocenters. The van der Waals surface area contributed by atoms with Crippen LogP contribution in [0.1, 0.15) is 83.5 Å². The second-order valence-corrected chi connectivity index (χ2v) is 17.3. The molecule has 19 atom stereocenters. The van der Waals surface area contributed by atoms with Gasteiger partial charge in [-0.1, -0.05) is 43.5 Å². The molecule has 9 fully saturated rings. The zero-order valence-electron chi connectivity index (χ0n) is 29.2. The number of rotatable bonds is 4. The van der Waals surface area contributed by atoms with Gasteiger partial charge in [-0.2, -0.15) is 0 Å². The van der Waals surface area contributed by atoms with E-state index in [1.54, 1.807) is 0 Å². The summed E-state index contributed by atoms with van der Waals surface area (Å²) in [5, 5.41) is 77.9. The van der Waals surface area contributed by atoms with E-state index < -0.39 is 69.4 Å². The van der Waals surface area contributed by atoms with Crippen molar-refractivity contribution in [1.29, 1.82) is 0 Å². The van der Waals surface area contributed by atoms with Crippen LogP contribution in [0.2, 0.25) is 0 Å². The molecule has 0 radical (unpaired) electrons. The molecule has 4 saturated carbocycles. The topological polar surface area (TPSA) is 260 Å². The highest BCUT2D eigenvalue weighted by Gasteiger charge is 2.69. The Bertz CT molecular complexity index is 1450. The van der Waals surface area contributed by atoms with Gasteiger partial charge in [0.15, 0.2) is 5.03 Å². The van der Waals surface area contributed by atoms with Gasteiger partial charge in [-0.05, 0) is 62.2 Å². The number of nitrogens with zero attached hydrogens (tertiary/aromatic N) is 5. The Morgan fingerprint density at radius 1 is 0.423 bits per heavy atom. The van der Waals surface area contributed by atoms with Crippen molar-refractivity contribution in [2.45, 2.75) is 151 Å². The molecule has 0 aromatic heterocycles. The molecule has 0 spiro atoms. The van der Waals surface area contributed by atoms with E-state index >= 15 is 0 Å². The molecule has 7 N–H and O–H groups in total. The Kier molecular flexibility index (Phi) is 9.02. The fourth-order valence-corrected chi connectivity index (χ4v) is 13.1. The van der Waals surface area contributed by atoms with Crippen LogP contribution >= 0.6 is 0 Å². The molecule has 4 aliphatic carbocycles. The number of hydrazine groups is 1. The summed E-state index contributed by atoms with van der Waals surface area (Å²) in [4.78, 5) is 48.5. The predicted octanol–water partition coefficient (Wildman–Crippen LogP) is 0.275. The molecule has 5 aliphatic heterocycles. The predicted molar refractivity (Wildman–Crippen MR) is 181 cm³/mol. The molecule has 0 aromatic rings. The van der Waals surface area contributed by atoms with Gasteiger partial charge in [0.1, 0.15) is 12.3 Å². The van der Waals surface area contributed by atoms with Gasteiger partial charge >= 0.3 is 6.04 Å². The maximum atomic E-state index is 13.1. The lowest BCUT2D eigenvalue weighted by Gasteiger charge is -2.37. The number of hydrogen-bond donors (Lipinski definition) is 7. The van der Waals surface area contributed by atoms with Gasteiger partial charge in [0.2, 0.25) is 0 Å². The van der Waals surface area contributed by atoms with E-state index in [1.165, 1.54) is 5.01 Å². The average Bonchev–Trinajstić information content (AvgIpc) is 3.85. The summed E-state index contributed by atoms with van der Waals surface area (Å²) < 4.78 is 0. The minimum Gasteiger partial charge on any atom is -0.286 e. The molecule has 9 rings (SSSR count). The van der Waals surface area contributed by atoms with E-state index in [2.05, 4.69) is 37.2 Å². The van der Waals surface area contributed by atoms with Crippen LogP contribution in [0.15, 0.2) is 0 Å². The monoisotopic (exact) mass is 732 g/mol. The summed E-state index contributed by atoms with van der Waals surface area (Å²) in [5.74, 6) is -0.723. The van der Waals surface area contributed by atoms with Crippen LogP contribution < -0.4 is 37.2 Å². The molecule has 0 amide bonds. The summed E-state index contributed by atoms with van der Waals surface area (Å²) in [6.45, 7) is 0. The number of fused-ring (bicyclic) bond motifs is 20. The molecule has 5 heterocycles. The fraction of sp³-hybridized carbons (Fsp3) is 1.00. The highest BCUT2D eigenvalue weighted by atomic mass is 16.7. The smallest absolute Gasteiger partial charge is 0.286 e. The van der Waals surface area contributed by atoms with Crippen molar-refractivity contribution in [1.82, 2.24) is 42.2 Å². The summed E-state index contributed by atoms with van der Waals surface area (Å²) in [5.41, 5.74) is 0. The molecule has 288 valence electrons. The summed E-state index contributed by atoms with van der Waals surface area (Å²) in [6, 6.07) is -5.44. The van der Waals surface area contributed by atoms with Crippen LogP contribution in [-0.4, -0.2) is 92.3 Å². The fourth-order valence-electron chi connectivity index (χ4n) is 13.1. The Balaban J connectivity index is 1.13. The highest BCUT2D eigenvalue weighted by molar-refractivity contribution is 5.11. The minimum absolute atomic E-state index is 0.0933. The third-order valence-corrected chi connectivity index (χ3v) is 15.1. The number of hydrogen-bond acceptors (Lipinski definition) is 15. The lowest BCUT2D eigenvalue weighted by Crippen LogP contribution is -2.64. The quantitative estimate of drug-likeness (QED) is 0.151. The van der Waals surface area contributed by atoms with Gasteiger partial charge in [0.05, 0.1) is 42.9 Å². The molecule has 5 saturated heterocycles. The van der Waals surface area contributed by atoms with E-state index in [-0.39, 0.29) is 71.6 Å². The maximum Gasteiger partial charge on any atom is 0.344 e. The van der Waals surface area contributed by atoms with Crippen molar-refractivity contribution >= 4 is 0 Å². The van der Waals surface area contributed by atoms with Gasteiger partial charge in [-0.25, -0.2) is 10.1 Å². The minimum atomic E-state index is -1.97. The Hall–Kier alpha value is -2.88. The van der Waals surface area contributed by atoms with Crippen LogP contribution in [0, 0.1) is 87.8 Å². The molecular weight excluding hydrogens is 680 g/mol. The van der Waals surface area contributed by atoms with E-state index in [1.807, 2.05) is 0 Å². The normalized spacial score (nSPS) is 51.1. The SMILES string of the molecule is O=[N+]([O-])C1CC2C3NC4NC(NC5C6CCCCC6C(NC6NC(NC(N3)C2C([N+](=O)[O-])C1[N+](=O)[O-])C1CCCCC61)N5[N+](=O)[O-])C1CCCCC41. The molecular formula is C32H52N12O8. The first kappa shape index (κ1) is 34.9. The van der Waals surface area contributed by atoms with Crippen LogP contribution in [0.4, 0.5) is 0 Å². The first-order valence-electron chi connectivity index (χ1n) is 19.8. The largest absolute Gasteiger partial charge is 0.344 e. The third kappa shape index (κ3) is 5.57. The van der Waals surface area contributed by atoms with Gasteiger partial charge in [0.25, 0.3) is 12.1 Å². The first-order valence-corrected chi connectivity index (χ1v) is 19.8. The molecule has 20 nitrogen and oxygen atoms in total. The third-order valence-electron chi connectivity index (χ3n) is 15.1. The summed E-state index contributed by atoms with van der Waals surface area (Å²) in [7, 11) is 0. The van der Waals surface area contributed by atoms with Crippen molar-refractivity contribution < 1.29 is 19.8 Å². The zero-order valence-corrected chi connectivity index (χ0v) is 29.2. The summed E-state index contributed by atoms with van der Waals surface area (Å²) in [6.07, 6.45) is 8.11. The van der Waals surface area contributed by atoms with Crippen LogP contribution in [0.3, 0.4) is 0 Å². The van der Waals surface area contributed by atoms with Crippen molar-refractivity contribution in [3.05, 3.63) is 40.5 Å². The van der Waals surface area contributed by atoms with Crippen LogP contribution in [-0.2, 0) is 0 Å². The van der Waals surface area contributed by atoms with E-state index in [4.69, 9.17) is 0 Å². The number of nitrogens with one attached hydrogen (secondary N) is 7. The second kappa shape index (κ2) is 13.5. The van der Waals surface area contributed by atoms with E-state index in [0.717, 1.165) is 77.0 Å². The second-order valence-electron chi connectivity index (χ2n) is 17.3. The van der Waals surface area contributed by atoms with Crippen LogP contribution in [0.5, 0.6) is 0 Å². The van der Waals surface area contributed by atoms with E-state index in [0.29, 0.717) is 0 Å². The molecule has 52 heavy (non-hydrogen) atoms. The standard InChI is InChI=1S/C32H52N12O8/c45-41(46)21-13-20-22(24(43(49)50)23(21)42(47)48)30-36-26-15-8-2-4-10-17(15)28(34-26)39-32-19-12-6-5-11-18(19)31(40(32)44(51)52)38-27-16-9-3-1-7-14(16)25(33-27)35-29(20)37-30/h14-39H,1-13H2. The molecule has 9 aliphatic rings. The highest BCUT2D eigenvalue weighted by Crippen LogP contribution is 2.48. The van der Waals surface area contributed by atoms with Crippen molar-refractivity contribution in [3.8, 4) is 0 Å². The first-order chi connectivity index (χ1) is 25.1. The Labute approximate surface area is 300 Å². The lowest BCUT2D eigenvalue weighted by atomic mass is 9.70. The van der Waals surface area contributed by atoms with Crippen molar-refractivity contribution in [2.24, 2.45) is 47.3 Å².